The van der Waals surface area contributed by atoms with E-state index in [0.717, 1.165) is 49.2 Å². The quantitative estimate of drug-likeness (QED) is 0.0629. The van der Waals surface area contributed by atoms with Gasteiger partial charge in [-0.1, -0.05) is 35.9 Å². The van der Waals surface area contributed by atoms with Crippen LogP contribution in [0.5, 0.6) is 11.5 Å². The number of ketones is 2. The molecule has 0 saturated heterocycles. The molecule has 42 heavy (non-hydrogen) atoms. The summed E-state index contributed by atoms with van der Waals surface area (Å²) in [5.41, 5.74) is 3.64. The topological polar surface area (TPSA) is 98.9 Å². The summed E-state index contributed by atoms with van der Waals surface area (Å²) in [6.45, 7) is 4.41. The van der Waals surface area contributed by atoms with Crippen molar-refractivity contribution in [3.8, 4) is 22.8 Å². The molecule has 0 saturated carbocycles. The zero-order valence-corrected chi connectivity index (χ0v) is 26.1. The molecule has 6 rings (SSSR count). The van der Waals surface area contributed by atoms with Crippen molar-refractivity contribution < 1.29 is 48.7 Å². The van der Waals surface area contributed by atoms with Crippen molar-refractivity contribution in [3.05, 3.63) is 90.3 Å². The molecule has 215 valence electrons. The molecule has 1 radical (unpaired) electrons. The van der Waals surface area contributed by atoms with E-state index in [-0.39, 0.29) is 37.4 Å². The maximum absolute atomic E-state index is 11.8. The van der Waals surface area contributed by atoms with E-state index in [2.05, 4.69) is 35.3 Å². The first-order valence-electron chi connectivity index (χ1n) is 12.9. The Morgan fingerprint density at radius 2 is 1.57 bits per heavy atom. The molecule has 0 aliphatic carbocycles. The molecule has 0 atom stereocenters. The van der Waals surface area contributed by atoms with Gasteiger partial charge >= 0.3 is 0 Å². The smallest absolute Gasteiger partial charge is 0.159 e. The van der Waals surface area contributed by atoms with Gasteiger partial charge in [0, 0.05) is 60.2 Å². The van der Waals surface area contributed by atoms with E-state index in [1.807, 2.05) is 36.4 Å². The number of aromatic nitrogens is 1. The maximum atomic E-state index is 11.8. The first-order valence-corrected chi connectivity index (χ1v) is 12.9. The van der Waals surface area contributed by atoms with Crippen molar-refractivity contribution in [1.82, 2.24) is 4.98 Å². The Balaban J connectivity index is 0.000000454. The Morgan fingerprint density at radius 3 is 2.21 bits per heavy atom. The molecule has 8 heteroatoms. The van der Waals surface area contributed by atoms with Crippen molar-refractivity contribution in [2.45, 2.75) is 20.8 Å². The Labute approximate surface area is 256 Å². The number of pyridine rings is 1. The standard InChI is InChI=1S/C29H20NO4.C5H8O2.Ir/c1-16(31)17-4-7-21-24-12-18-5-8-22-20(23(18)15-28(24)34-27(21)13-17)10-11-30-29(22)25-14-19(32-2)6-9-26(25)33-3;1-4(6)3-5(2)7;/h4-13,15H,1-3H3;3,6H,1-2H3;/q-1;;/b;4-3-;. The van der Waals surface area contributed by atoms with Crippen LogP contribution >= 0.6 is 0 Å². The monoisotopic (exact) mass is 739 g/mol. The summed E-state index contributed by atoms with van der Waals surface area (Å²) in [4.78, 5) is 26.5. The number of ether oxygens (including phenoxy) is 2. The zero-order valence-electron chi connectivity index (χ0n) is 23.7. The van der Waals surface area contributed by atoms with Crippen LogP contribution in [0.3, 0.4) is 0 Å². The van der Waals surface area contributed by atoms with Crippen molar-refractivity contribution in [3.63, 3.8) is 0 Å². The molecule has 0 fully saturated rings. The third kappa shape index (κ3) is 5.91. The minimum atomic E-state index is -0.125. The van der Waals surface area contributed by atoms with Gasteiger partial charge in [0.25, 0.3) is 0 Å². The summed E-state index contributed by atoms with van der Waals surface area (Å²) in [7, 11) is 3.25. The second-order valence-electron chi connectivity index (χ2n) is 9.63. The summed E-state index contributed by atoms with van der Waals surface area (Å²) in [5, 5.41) is 14.6. The van der Waals surface area contributed by atoms with E-state index in [0.29, 0.717) is 22.6 Å². The number of rotatable bonds is 5. The van der Waals surface area contributed by atoms with Crippen LogP contribution in [0.1, 0.15) is 31.1 Å². The van der Waals surface area contributed by atoms with Gasteiger partial charge < -0.3 is 24.0 Å². The normalized spacial score (nSPS) is 11.2. The van der Waals surface area contributed by atoms with Gasteiger partial charge in [-0.3, -0.25) is 9.59 Å². The van der Waals surface area contributed by atoms with Gasteiger partial charge in [-0.05, 0) is 78.3 Å². The Morgan fingerprint density at radius 1 is 0.833 bits per heavy atom. The minimum Gasteiger partial charge on any atom is -0.540 e. The van der Waals surface area contributed by atoms with Crippen molar-refractivity contribution in [1.29, 1.82) is 0 Å². The number of nitrogens with zero attached hydrogens (tertiary/aromatic N) is 1. The van der Waals surface area contributed by atoms with E-state index < -0.39 is 0 Å². The number of methoxy groups -OCH3 is 2. The molecule has 6 aromatic rings. The first-order chi connectivity index (χ1) is 19.7. The van der Waals surface area contributed by atoms with Crippen LogP contribution in [-0.2, 0) is 24.9 Å². The van der Waals surface area contributed by atoms with E-state index in [4.69, 9.17) is 19.0 Å². The molecule has 7 nitrogen and oxygen atoms in total. The molecule has 0 bridgehead atoms. The number of hydrogen-bond donors (Lipinski definition) is 1. The second-order valence-corrected chi connectivity index (χ2v) is 9.63. The number of benzene rings is 4. The van der Waals surface area contributed by atoms with Crippen LogP contribution in [-0.4, -0.2) is 35.9 Å². The van der Waals surface area contributed by atoms with E-state index >= 15 is 0 Å². The Bertz CT molecular complexity index is 2000. The van der Waals surface area contributed by atoms with Crippen LogP contribution < -0.4 is 9.47 Å². The molecule has 0 unspecified atom stereocenters. The predicted molar refractivity (Wildman–Crippen MR) is 161 cm³/mol. The number of furan rings is 1. The number of allylic oxidation sites excluding steroid dienone is 2. The zero-order chi connectivity index (χ0) is 29.3. The number of aliphatic hydroxyl groups is 1. The van der Waals surface area contributed by atoms with Crippen LogP contribution in [0.2, 0.25) is 0 Å². The van der Waals surface area contributed by atoms with Gasteiger partial charge in [0.1, 0.15) is 11.2 Å². The molecular formula is C34H28IrNO6-. The first kappa shape index (κ1) is 30.4. The van der Waals surface area contributed by atoms with Crippen LogP contribution in [0, 0.1) is 6.07 Å². The maximum Gasteiger partial charge on any atom is 0.159 e. The van der Waals surface area contributed by atoms with E-state index in [9.17, 15) is 9.59 Å². The third-order valence-corrected chi connectivity index (χ3v) is 6.73. The number of Topliss-reactive ketones (excluding diaryl/α,β-unsaturated/α-hetero) is 1. The molecule has 0 aliphatic rings. The fourth-order valence-electron chi connectivity index (χ4n) is 4.90. The average Bonchev–Trinajstić information content (AvgIpc) is 3.31. The molecule has 0 amide bonds. The van der Waals surface area contributed by atoms with Gasteiger partial charge in [-0.15, -0.1) is 6.07 Å². The Kier molecular flexibility index (Phi) is 9.10. The van der Waals surface area contributed by atoms with Crippen molar-refractivity contribution in [2.75, 3.05) is 14.2 Å². The summed E-state index contributed by atoms with van der Waals surface area (Å²) in [5.74, 6) is 1.25. The molecule has 2 aromatic heterocycles. The fourth-order valence-corrected chi connectivity index (χ4v) is 4.90. The van der Waals surface area contributed by atoms with Gasteiger partial charge in [0.05, 0.1) is 20.0 Å². The molecule has 1 N–H and O–H groups in total. The van der Waals surface area contributed by atoms with Gasteiger partial charge in [0.2, 0.25) is 0 Å². The molecule has 2 heterocycles. The van der Waals surface area contributed by atoms with Crippen LogP contribution in [0.4, 0.5) is 0 Å². The van der Waals surface area contributed by atoms with Crippen LogP contribution in [0.25, 0.3) is 54.7 Å². The summed E-state index contributed by atoms with van der Waals surface area (Å²) < 4.78 is 17.1. The van der Waals surface area contributed by atoms with E-state index in [1.165, 1.54) is 19.9 Å². The van der Waals surface area contributed by atoms with Crippen molar-refractivity contribution >= 4 is 55.0 Å². The number of fused-ring (bicyclic) bond motifs is 6. The summed E-state index contributed by atoms with van der Waals surface area (Å²) >= 11 is 0. The van der Waals surface area contributed by atoms with Crippen LogP contribution in [0.15, 0.2) is 83.1 Å². The number of carbonyl (C=O) groups is 2. The third-order valence-electron chi connectivity index (χ3n) is 6.73. The van der Waals surface area contributed by atoms with Gasteiger partial charge in [-0.25, -0.2) is 0 Å². The number of carbonyl (C=O) groups excluding carboxylic acids is 2. The average molecular weight is 739 g/mol. The second kappa shape index (κ2) is 12.6. The molecule has 0 aliphatic heterocycles. The minimum absolute atomic E-state index is 0. The fraction of sp³-hybridized carbons (Fsp3) is 0.147. The molecular weight excluding hydrogens is 711 g/mol. The predicted octanol–water partition coefficient (Wildman–Crippen LogP) is 8.01. The largest absolute Gasteiger partial charge is 0.540 e. The molecule has 4 aromatic carbocycles. The summed E-state index contributed by atoms with van der Waals surface area (Å²) in [6, 6.07) is 23.0. The Hall–Kier alpha value is -4.52. The van der Waals surface area contributed by atoms with Crippen molar-refractivity contribution in [2.24, 2.45) is 0 Å². The number of hydrogen-bond acceptors (Lipinski definition) is 7. The van der Waals surface area contributed by atoms with E-state index in [1.54, 1.807) is 27.3 Å². The SMILES string of the molecule is CC(=O)/C=C(/C)O.COc1[c-]c(-c2nccc3c2ccc2cc4c(cc23)oc2cc(C(C)=O)ccc24)c(OC)cc1.[Ir]. The molecule has 0 spiro atoms. The van der Waals surface area contributed by atoms with Gasteiger partial charge in [0.15, 0.2) is 11.6 Å². The van der Waals surface area contributed by atoms with Gasteiger partial charge in [-0.2, -0.15) is 0 Å². The summed E-state index contributed by atoms with van der Waals surface area (Å²) in [6.07, 6.45) is 2.96. The number of aliphatic hydroxyl groups excluding tert-OH is 1.